The van der Waals surface area contributed by atoms with Crippen LogP contribution in [-0.2, 0) is 0 Å². The van der Waals surface area contributed by atoms with Gasteiger partial charge in [0.15, 0.2) is 0 Å². The van der Waals surface area contributed by atoms with Crippen molar-refractivity contribution in [2.24, 2.45) is 0 Å². The molecule has 1 saturated carbocycles. The highest BCUT2D eigenvalue weighted by atomic mass is 16.6. The molecule has 6 heteroatoms. The first-order chi connectivity index (χ1) is 8.35. The third-order valence-corrected chi connectivity index (χ3v) is 2.42. The highest BCUT2D eigenvalue weighted by Gasteiger charge is 2.25. The molecule has 1 amide bonds. The van der Waals surface area contributed by atoms with Crippen molar-refractivity contribution in [3.63, 3.8) is 0 Å². The Hall–Kier alpha value is -1.85. The zero-order chi connectivity index (χ0) is 13.3. The third kappa shape index (κ3) is 3.32. The highest BCUT2D eigenvalue weighted by molar-refractivity contribution is 5.70. The van der Waals surface area contributed by atoms with Crippen molar-refractivity contribution in [1.82, 2.24) is 14.9 Å². The number of nitrogens with one attached hydrogen (secondary N) is 1. The van der Waals surface area contributed by atoms with E-state index >= 15 is 0 Å². The van der Waals surface area contributed by atoms with Gasteiger partial charge in [-0.2, -0.15) is 4.98 Å². The summed E-state index contributed by atoms with van der Waals surface area (Å²) in [7, 11) is 0. The van der Waals surface area contributed by atoms with Crippen molar-refractivity contribution in [2.45, 2.75) is 45.2 Å². The lowest BCUT2D eigenvalue weighted by molar-refractivity contribution is 0.188. The summed E-state index contributed by atoms with van der Waals surface area (Å²) in [5.41, 5.74) is -0.765. The third-order valence-electron chi connectivity index (χ3n) is 2.42. The van der Waals surface area contributed by atoms with Gasteiger partial charge in [-0.25, -0.2) is 9.59 Å². The van der Waals surface area contributed by atoms with Crippen LogP contribution < -0.4 is 15.7 Å². The standard InChI is InChI=1S/C12H17N3O3/c1-12(2,3)14-11(17)18-9-6-7-15(8-4-5-8)10(16)13-9/h6-8H,4-5H2,1-3H3,(H,14,17). The van der Waals surface area contributed by atoms with E-state index in [0.717, 1.165) is 12.8 Å². The minimum absolute atomic E-state index is 0.0265. The van der Waals surface area contributed by atoms with Crippen molar-refractivity contribution in [2.75, 3.05) is 0 Å². The van der Waals surface area contributed by atoms with Gasteiger partial charge in [0.25, 0.3) is 0 Å². The molecule has 0 bridgehead atoms. The zero-order valence-electron chi connectivity index (χ0n) is 10.8. The Labute approximate surface area is 105 Å². The van der Waals surface area contributed by atoms with Gasteiger partial charge in [0, 0.05) is 23.8 Å². The molecule has 1 N–H and O–H groups in total. The predicted molar refractivity (Wildman–Crippen MR) is 65.7 cm³/mol. The van der Waals surface area contributed by atoms with Gasteiger partial charge in [0.2, 0.25) is 5.88 Å². The summed E-state index contributed by atoms with van der Waals surface area (Å²) < 4.78 is 6.52. The number of aromatic nitrogens is 2. The van der Waals surface area contributed by atoms with Gasteiger partial charge in [0.1, 0.15) is 0 Å². The van der Waals surface area contributed by atoms with E-state index in [0.29, 0.717) is 0 Å². The minimum Gasteiger partial charge on any atom is -0.391 e. The van der Waals surface area contributed by atoms with Crippen LogP contribution in [-0.4, -0.2) is 21.2 Å². The SMILES string of the molecule is CC(C)(C)NC(=O)Oc1ccn(C2CC2)c(=O)n1. The van der Waals surface area contributed by atoms with Crippen LogP contribution >= 0.6 is 0 Å². The molecule has 0 aliphatic heterocycles. The van der Waals surface area contributed by atoms with E-state index in [9.17, 15) is 9.59 Å². The van der Waals surface area contributed by atoms with E-state index in [2.05, 4.69) is 10.3 Å². The highest BCUT2D eigenvalue weighted by Crippen LogP contribution is 2.33. The van der Waals surface area contributed by atoms with Crippen LogP contribution in [0.25, 0.3) is 0 Å². The van der Waals surface area contributed by atoms with Crippen LogP contribution in [0.15, 0.2) is 17.1 Å². The summed E-state index contributed by atoms with van der Waals surface area (Å²) in [5.74, 6) is 0.0265. The molecule has 1 aliphatic carbocycles. The quantitative estimate of drug-likeness (QED) is 0.863. The van der Waals surface area contributed by atoms with Crippen LogP contribution in [0.2, 0.25) is 0 Å². The fourth-order valence-corrected chi connectivity index (χ4v) is 1.51. The molecule has 1 aliphatic rings. The molecule has 0 spiro atoms. The summed E-state index contributed by atoms with van der Waals surface area (Å²) in [4.78, 5) is 26.8. The summed E-state index contributed by atoms with van der Waals surface area (Å²) in [6.07, 6.45) is 3.02. The van der Waals surface area contributed by atoms with Crippen LogP contribution in [0.5, 0.6) is 5.88 Å². The Balaban J connectivity index is 2.04. The number of rotatable bonds is 2. The van der Waals surface area contributed by atoms with Crippen LogP contribution in [0.4, 0.5) is 4.79 Å². The first-order valence-electron chi connectivity index (χ1n) is 5.94. The zero-order valence-corrected chi connectivity index (χ0v) is 10.8. The maximum absolute atomic E-state index is 11.6. The molecule has 1 heterocycles. The second-order valence-electron chi connectivity index (χ2n) is 5.45. The van der Waals surface area contributed by atoms with Gasteiger partial charge in [-0.05, 0) is 33.6 Å². The molecule has 0 saturated heterocycles. The Morgan fingerprint density at radius 3 is 2.67 bits per heavy atom. The fraction of sp³-hybridized carbons (Fsp3) is 0.583. The number of carbonyl (C=O) groups is 1. The lowest BCUT2D eigenvalue weighted by atomic mass is 10.1. The Bertz CT molecular complexity index is 512. The Morgan fingerprint density at radius 1 is 1.50 bits per heavy atom. The van der Waals surface area contributed by atoms with Gasteiger partial charge in [-0.15, -0.1) is 0 Å². The van der Waals surface area contributed by atoms with Gasteiger partial charge in [-0.1, -0.05) is 0 Å². The van der Waals surface area contributed by atoms with Crippen molar-refractivity contribution in [1.29, 1.82) is 0 Å². The smallest absolute Gasteiger partial charge is 0.391 e. The molecular weight excluding hydrogens is 234 g/mol. The lowest BCUT2D eigenvalue weighted by Crippen LogP contribution is -2.42. The second kappa shape index (κ2) is 4.44. The monoisotopic (exact) mass is 251 g/mol. The molecule has 1 aromatic rings. The van der Waals surface area contributed by atoms with Gasteiger partial charge >= 0.3 is 11.8 Å². The van der Waals surface area contributed by atoms with Crippen molar-refractivity contribution in [3.8, 4) is 5.88 Å². The van der Waals surface area contributed by atoms with Gasteiger partial charge in [-0.3, -0.25) is 4.57 Å². The Kier molecular flexibility index (Phi) is 3.11. The molecule has 0 radical (unpaired) electrons. The largest absolute Gasteiger partial charge is 0.414 e. The molecule has 0 atom stereocenters. The van der Waals surface area contributed by atoms with E-state index in [1.807, 2.05) is 20.8 Å². The molecule has 6 nitrogen and oxygen atoms in total. The number of ether oxygens (including phenoxy) is 1. The summed E-state index contributed by atoms with van der Waals surface area (Å²) in [6, 6.07) is 1.80. The maximum atomic E-state index is 11.6. The maximum Gasteiger partial charge on any atom is 0.414 e. The molecule has 0 unspecified atom stereocenters. The predicted octanol–water partition coefficient (Wildman–Crippen LogP) is 1.47. The summed E-state index contributed by atoms with van der Waals surface area (Å²) >= 11 is 0. The number of hydrogen-bond acceptors (Lipinski definition) is 4. The number of nitrogens with zero attached hydrogens (tertiary/aromatic N) is 2. The van der Waals surface area contributed by atoms with E-state index in [-0.39, 0.29) is 23.2 Å². The van der Waals surface area contributed by atoms with Crippen LogP contribution in [0.1, 0.15) is 39.7 Å². The van der Waals surface area contributed by atoms with Crippen molar-refractivity contribution >= 4 is 6.09 Å². The Morgan fingerprint density at radius 2 is 2.17 bits per heavy atom. The van der Waals surface area contributed by atoms with E-state index in [4.69, 9.17) is 4.74 Å². The second-order valence-corrected chi connectivity index (χ2v) is 5.45. The molecule has 98 valence electrons. The van der Waals surface area contributed by atoms with E-state index in [1.165, 1.54) is 6.07 Å². The average molecular weight is 251 g/mol. The molecule has 1 aromatic heterocycles. The molecule has 18 heavy (non-hydrogen) atoms. The first kappa shape index (κ1) is 12.6. The average Bonchev–Trinajstić information content (AvgIpc) is 2.97. The van der Waals surface area contributed by atoms with Crippen LogP contribution in [0, 0.1) is 0 Å². The number of amides is 1. The van der Waals surface area contributed by atoms with Gasteiger partial charge < -0.3 is 10.1 Å². The minimum atomic E-state index is -0.612. The lowest BCUT2D eigenvalue weighted by Gasteiger charge is -2.19. The first-order valence-corrected chi connectivity index (χ1v) is 5.94. The summed E-state index contributed by atoms with van der Waals surface area (Å²) in [5, 5.41) is 2.63. The number of carbonyl (C=O) groups excluding carboxylic acids is 1. The fourth-order valence-electron chi connectivity index (χ4n) is 1.51. The number of hydrogen-bond donors (Lipinski definition) is 1. The van der Waals surface area contributed by atoms with Crippen molar-refractivity contribution < 1.29 is 9.53 Å². The summed E-state index contributed by atoms with van der Waals surface area (Å²) in [6.45, 7) is 5.52. The van der Waals surface area contributed by atoms with E-state index in [1.54, 1.807) is 10.8 Å². The molecule has 0 aromatic carbocycles. The van der Waals surface area contributed by atoms with Gasteiger partial charge in [0.05, 0.1) is 0 Å². The molecular formula is C12H17N3O3. The van der Waals surface area contributed by atoms with Crippen LogP contribution in [0.3, 0.4) is 0 Å². The molecule has 2 rings (SSSR count). The van der Waals surface area contributed by atoms with Crippen molar-refractivity contribution in [3.05, 3.63) is 22.7 Å². The van der Waals surface area contributed by atoms with E-state index < -0.39 is 6.09 Å². The normalized spacial score (nSPS) is 15.3. The topological polar surface area (TPSA) is 73.2 Å². The molecule has 1 fully saturated rings.